The molecular weight excluding hydrogens is 372 g/mol. The van der Waals surface area contributed by atoms with Gasteiger partial charge in [0.05, 0.1) is 32.7 Å². The van der Waals surface area contributed by atoms with E-state index < -0.39 is 0 Å². The molecule has 0 unspecified atom stereocenters. The maximum atomic E-state index is 9.33. The summed E-state index contributed by atoms with van der Waals surface area (Å²) < 4.78 is 12.5. The Bertz CT molecular complexity index is 715. The quantitative estimate of drug-likeness (QED) is 0.838. The number of nitrogens with zero attached hydrogens (tertiary/aromatic N) is 3. The zero-order chi connectivity index (χ0) is 16.9. The van der Waals surface area contributed by atoms with Crippen molar-refractivity contribution in [2.75, 3.05) is 37.6 Å². The second-order valence-electron chi connectivity index (χ2n) is 5.71. The van der Waals surface area contributed by atoms with E-state index >= 15 is 0 Å². The van der Waals surface area contributed by atoms with Crippen LogP contribution in [0.1, 0.15) is 18.5 Å². The van der Waals surface area contributed by atoms with Crippen LogP contribution < -0.4 is 14.5 Å². The number of rotatable bonds is 5. The Hall–Kier alpha value is -2.04. The van der Waals surface area contributed by atoms with Gasteiger partial charge in [-0.05, 0) is 31.2 Å². The Morgan fingerprint density at radius 3 is 2.67 bits per heavy atom. The Kier molecular flexibility index (Phi) is 5.38. The minimum absolute atomic E-state index is 0.205. The van der Waals surface area contributed by atoms with Crippen molar-refractivity contribution in [2.45, 2.75) is 13.5 Å². The molecular formula is C17H20BrN4O2+. The molecule has 126 valence electrons. The van der Waals surface area contributed by atoms with Gasteiger partial charge in [-0.2, -0.15) is 10.2 Å². The van der Waals surface area contributed by atoms with Crippen molar-refractivity contribution in [2.24, 2.45) is 0 Å². The van der Waals surface area contributed by atoms with E-state index in [9.17, 15) is 5.26 Å². The van der Waals surface area contributed by atoms with Gasteiger partial charge in [-0.3, -0.25) is 0 Å². The zero-order valence-corrected chi connectivity index (χ0v) is 15.2. The van der Waals surface area contributed by atoms with Gasteiger partial charge >= 0.3 is 0 Å². The Balaban J connectivity index is 1.66. The van der Waals surface area contributed by atoms with E-state index in [0.29, 0.717) is 17.5 Å². The first kappa shape index (κ1) is 16.8. The largest absolute Gasteiger partial charge is 0.484 e. The summed E-state index contributed by atoms with van der Waals surface area (Å²) in [6.07, 6.45) is 0. The number of piperazine rings is 1. The lowest BCUT2D eigenvalue weighted by Gasteiger charge is -2.31. The number of nitriles is 1. The summed E-state index contributed by atoms with van der Waals surface area (Å²) in [5.74, 6) is 1.73. The first-order chi connectivity index (χ1) is 11.7. The number of likely N-dealkylation sites (N-methyl/N-ethyl adjacent to an activating group) is 1. The third-order valence-corrected chi connectivity index (χ3v) is 4.72. The molecule has 1 saturated heterocycles. The van der Waals surface area contributed by atoms with Crippen LogP contribution in [0.2, 0.25) is 0 Å². The smallest absolute Gasteiger partial charge is 0.236 e. The second-order valence-corrected chi connectivity index (χ2v) is 6.62. The molecule has 2 aromatic rings. The van der Waals surface area contributed by atoms with Crippen LogP contribution in [0.25, 0.3) is 0 Å². The molecule has 24 heavy (non-hydrogen) atoms. The van der Waals surface area contributed by atoms with Crippen molar-refractivity contribution in [3.8, 4) is 11.8 Å². The summed E-state index contributed by atoms with van der Waals surface area (Å²) in [7, 11) is 0. The van der Waals surface area contributed by atoms with E-state index in [1.807, 2.05) is 24.3 Å². The van der Waals surface area contributed by atoms with Crippen LogP contribution in [-0.4, -0.2) is 37.7 Å². The molecule has 3 rings (SSSR count). The number of oxazole rings is 1. The number of ether oxygens (including phenoxy) is 1. The molecule has 1 aromatic carbocycles. The Labute approximate surface area is 149 Å². The van der Waals surface area contributed by atoms with Gasteiger partial charge in [0.25, 0.3) is 0 Å². The maximum absolute atomic E-state index is 9.33. The van der Waals surface area contributed by atoms with Gasteiger partial charge in [-0.15, -0.1) is 0 Å². The van der Waals surface area contributed by atoms with Gasteiger partial charge in [-0.1, -0.05) is 15.9 Å². The molecule has 0 atom stereocenters. The lowest BCUT2D eigenvalue weighted by Crippen LogP contribution is -3.14. The number of hydrogen-bond acceptors (Lipinski definition) is 5. The highest BCUT2D eigenvalue weighted by Crippen LogP contribution is 2.23. The van der Waals surface area contributed by atoms with Crippen molar-refractivity contribution >= 4 is 21.8 Å². The highest BCUT2D eigenvalue weighted by atomic mass is 79.9. The van der Waals surface area contributed by atoms with Crippen molar-refractivity contribution in [1.29, 1.82) is 5.26 Å². The third kappa shape index (κ3) is 3.89. The normalized spacial score (nSPS) is 15.3. The Morgan fingerprint density at radius 1 is 1.33 bits per heavy atom. The molecule has 1 N–H and O–H groups in total. The SMILES string of the molecule is CC[NH+]1CCN(c2oc(COc3ccc(Br)cc3)nc2C#N)CC1. The summed E-state index contributed by atoms with van der Waals surface area (Å²) in [6.45, 7) is 7.37. The van der Waals surface area contributed by atoms with Crippen molar-refractivity contribution in [1.82, 2.24) is 4.98 Å². The molecule has 0 aliphatic carbocycles. The standard InChI is InChI=1S/C17H19BrN4O2/c1-2-21-7-9-22(10-8-21)17-15(11-19)20-16(24-17)12-23-14-5-3-13(18)4-6-14/h3-6H,2,7-10,12H2,1H3/p+1. The molecule has 1 aliphatic rings. The number of halogens is 1. The van der Waals surface area contributed by atoms with Crippen LogP contribution in [0.15, 0.2) is 33.2 Å². The number of aromatic nitrogens is 1. The number of benzene rings is 1. The monoisotopic (exact) mass is 391 g/mol. The second kappa shape index (κ2) is 7.69. The van der Waals surface area contributed by atoms with Crippen molar-refractivity contribution < 1.29 is 14.1 Å². The maximum Gasteiger partial charge on any atom is 0.236 e. The predicted octanol–water partition coefficient (Wildman–Crippen LogP) is 1.61. The molecule has 1 fully saturated rings. The van der Waals surface area contributed by atoms with Crippen molar-refractivity contribution in [3.05, 3.63) is 40.3 Å². The molecule has 0 radical (unpaired) electrons. The van der Waals surface area contributed by atoms with Crippen LogP contribution in [0.3, 0.4) is 0 Å². The van der Waals surface area contributed by atoms with Gasteiger partial charge in [0, 0.05) is 4.47 Å². The molecule has 0 saturated carbocycles. The van der Waals surface area contributed by atoms with Crippen LogP contribution in [0.4, 0.5) is 5.88 Å². The van der Waals surface area contributed by atoms with Gasteiger partial charge < -0.3 is 19.0 Å². The molecule has 0 amide bonds. The Morgan fingerprint density at radius 2 is 2.04 bits per heavy atom. The molecule has 1 aliphatic heterocycles. The topological polar surface area (TPSA) is 66.7 Å². The minimum atomic E-state index is 0.205. The van der Waals surface area contributed by atoms with Crippen LogP contribution >= 0.6 is 15.9 Å². The number of anilines is 1. The van der Waals surface area contributed by atoms with E-state index in [1.54, 1.807) is 4.90 Å². The summed E-state index contributed by atoms with van der Waals surface area (Å²) in [5.41, 5.74) is 0.337. The average molecular weight is 392 g/mol. The van der Waals surface area contributed by atoms with E-state index in [-0.39, 0.29) is 6.61 Å². The molecule has 7 heteroatoms. The molecule has 1 aromatic heterocycles. The first-order valence-corrected chi connectivity index (χ1v) is 8.85. The fourth-order valence-electron chi connectivity index (χ4n) is 2.76. The van der Waals surface area contributed by atoms with Crippen molar-refractivity contribution in [3.63, 3.8) is 0 Å². The fraction of sp³-hybridized carbons (Fsp3) is 0.412. The number of quaternary nitrogens is 1. The fourth-order valence-corrected chi connectivity index (χ4v) is 3.02. The highest BCUT2D eigenvalue weighted by Gasteiger charge is 2.25. The van der Waals surface area contributed by atoms with Crippen LogP contribution in [-0.2, 0) is 6.61 Å². The number of nitrogens with one attached hydrogen (secondary N) is 1. The van der Waals surface area contributed by atoms with Gasteiger partial charge in [0.15, 0.2) is 6.61 Å². The molecule has 0 spiro atoms. The van der Waals surface area contributed by atoms with Gasteiger partial charge in [0.2, 0.25) is 17.5 Å². The number of hydrogen-bond donors (Lipinski definition) is 1. The molecule has 0 bridgehead atoms. The molecule has 2 heterocycles. The van der Waals surface area contributed by atoms with E-state index in [2.05, 4.69) is 38.8 Å². The summed E-state index contributed by atoms with van der Waals surface area (Å²) in [6, 6.07) is 9.68. The molecule has 6 nitrogen and oxygen atoms in total. The van der Waals surface area contributed by atoms with Crippen LogP contribution in [0.5, 0.6) is 5.75 Å². The van der Waals surface area contributed by atoms with E-state index in [4.69, 9.17) is 9.15 Å². The van der Waals surface area contributed by atoms with E-state index in [1.165, 1.54) is 0 Å². The van der Waals surface area contributed by atoms with Gasteiger partial charge in [-0.25, -0.2) is 0 Å². The van der Waals surface area contributed by atoms with E-state index in [0.717, 1.165) is 42.9 Å². The zero-order valence-electron chi connectivity index (χ0n) is 13.6. The van der Waals surface area contributed by atoms with Crippen LogP contribution in [0, 0.1) is 11.3 Å². The van der Waals surface area contributed by atoms with Gasteiger partial charge in [0.1, 0.15) is 11.8 Å². The first-order valence-electron chi connectivity index (χ1n) is 8.06. The summed E-state index contributed by atoms with van der Waals surface area (Å²) in [4.78, 5) is 7.94. The lowest BCUT2D eigenvalue weighted by molar-refractivity contribution is -0.898. The summed E-state index contributed by atoms with van der Waals surface area (Å²) >= 11 is 3.39. The predicted molar refractivity (Wildman–Crippen MR) is 93.1 cm³/mol. The highest BCUT2D eigenvalue weighted by molar-refractivity contribution is 9.10. The third-order valence-electron chi connectivity index (χ3n) is 4.19. The average Bonchev–Trinajstić information content (AvgIpc) is 3.04. The summed E-state index contributed by atoms with van der Waals surface area (Å²) in [5, 5.41) is 9.33. The minimum Gasteiger partial charge on any atom is -0.484 e. The lowest BCUT2D eigenvalue weighted by atomic mass is 10.3.